The maximum atomic E-state index is 13.7. The lowest BCUT2D eigenvalue weighted by Gasteiger charge is -2.35. The third-order valence-corrected chi connectivity index (χ3v) is 8.03. The van der Waals surface area contributed by atoms with E-state index in [9.17, 15) is 4.79 Å². The Labute approximate surface area is 254 Å². The molecule has 6 heteroatoms. The van der Waals surface area contributed by atoms with Crippen molar-refractivity contribution in [2.24, 2.45) is 0 Å². The zero-order chi connectivity index (χ0) is 28.0. The van der Waals surface area contributed by atoms with Crippen LogP contribution in [0.4, 0.5) is 0 Å². The zero-order valence-corrected chi connectivity index (χ0v) is 24.6. The minimum Gasteiger partial charge on any atom is -0.476 e. The fraction of sp³-hybridized carbons (Fsp3) is 0.222. The molecule has 1 aliphatic rings. The summed E-state index contributed by atoms with van der Waals surface area (Å²) in [5, 5.41) is 4.05. The summed E-state index contributed by atoms with van der Waals surface area (Å²) >= 11 is 0. The first kappa shape index (κ1) is 29.3. The molecule has 1 amide bonds. The van der Waals surface area contributed by atoms with Gasteiger partial charge in [-0.25, -0.2) is 4.98 Å². The fourth-order valence-electron chi connectivity index (χ4n) is 5.79. The number of aromatic nitrogens is 1. The number of hydrogen-bond donors (Lipinski definition) is 1. The Morgan fingerprint density at radius 2 is 1.50 bits per heavy atom. The van der Waals surface area contributed by atoms with E-state index in [-0.39, 0.29) is 30.4 Å². The Morgan fingerprint density at radius 1 is 0.857 bits per heavy atom. The number of ether oxygens (including phenoxy) is 1. The van der Waals surface area contributed by atoms with E-state index in [1.54, 1.807) is 6.07 Å². The Hall–Kier alpha value is -4.19. The summed E-state index contributed by atoms with van der Waals surface area (Å²) < 4.78 is 6.45. The number of nitrogens with zero attached hydrogens (tertiary/aromatic N) is 2. The molecule has 0 saturated carbocycles. The van der Waals surface area contributed by atoms with Crippen LogP contribution in [0.5, 0.6) is 5.88 Å². The van der Waals surface area contributed by atoms with E-state index in [2.05, 4.69) is 77.8 Å². The topological polar surface area (TPSA) is 54.5 Å². The summed E-state index contributed by atoms with van der Waals surface area (Å²) in [4.78, 5) is 21.0. The van der Waals surface area contributed by atoms with Gasteiger partial charge in [-0.2, -0.15) is 0 Å². The monoisotopic (exact) mass is 577 g/mol. The van der Waals surface area contributed by atoms with Crippen molar-refractivity contribution in [3.05, 3.63) is 143 Å². The number of rotatable bonds is 9. The second kappa shape index (κ2) is 13.6. The van der Waals surface area contributed by atoms with Crippen LogP contribution in [0.25, 0.3) is 10.9 Å². The molecular formula is C36H36ClN3O2. The number of para-hydroxylation sites is 1. The van der Waals surface area contributed by atoms with Gasteiger partial charge in [0, 0.05) is 24.5 Å². The Bertz CT molecular complexity index is 1630. The number of nitrogens with one attached hydrogen (secondary N) is 1. The third-order valence-electron chi connectivity index (χ3n) is 8.03. The number of carbonyl (C=O) groups excluding carboxylic acids is 1. The van der Waals surface area contributed by atoms with Crippen molar-refractivity contribution >= 4 is 29.2 Å². The highest BCUT2D eigenvalue weighted by Gasteiger charge is 2.26. The normalized spacial score (nSPS) is 14.3. The van der Waals surface area contributed by atoms with Crippen molar-refractivity contribution < 1.29 is 9.53 Å². The Kier molecular flexibility index (Phi) is 9.52. The Morgan fingerprint density at radius 3 is 2.24 bits per heavy atom. The van der Waals surface area contributed by atoms with Crippen LogP contribution in [0.3, 0.4) is 0 Å². The van der Waals surface area contributed by atoms with Crippen LogP contribution < -0.4 is 10.1 Å². The van der Waals surface area contributed by atoms with E-state index in [1.165, 1.54) is 16.7 Å². The molecule has 0 saturated heterocycles. The number of amides is 1. The first-order valence-corrected chi connectivity index (χ1v) is 14.4. The van der Waals surface area contributed by atoms with Gasteiger partial charge in [0.2, 0.25) is 5.88 Å². The minimum atomic E-state index is -0.128. The average molecular weight is 578 g/mol. The minimum absolute atomic E-state index is 0. The quantitative estimate of drug-likeness (QED) is 0.195. The van der Waals surface area contributed by atoms with Gasteiger partial charge in [0.25, 0.3) is 5.91 Å². The summed E-state index contributed by atoms with van der Waals surface area (Å²) in [5.41, 5.74) is 6.40. The van der Waals surface area contributed by atoms with Gasteiger partial charge in [0.15, 0.2) is 0 Å². The molecule has 6 rings (SSSR count). The summed E-state index contributed by atoms with van der Waals surface area (Å²) in [6.07, 6.45) is 1.80. The molecule has 0 radical (unpaired) electrons. The number of fused-ring (bicyclic) bond motifs is 2. The molecule has 0 aliphatic carbocycles. The molecule has 214 valence electrons. The summed E-state index contributed by atoms with van der Waals surface area (Å²) in [5.74, 6) is 0.330. The molecule has 2 unspecified atom stereocenters. The number of halogens is 1. The van der Waals surface area contributed by atoms with Crippen LogP contribution in [0, 0.1) is 0 Å². The Balaban J connectivity index is 0.00000353. The van der Waals surface area contributed by atoms with Crippen molar-refractivity contribution in [3.63, 3.8) is 0 Å². The molecule has 42 heavy (non-hydrogen) atoms. The van der Waals surface area contributed by atoms with Crippen LogP contribution in [-0.4, -0.2) is 28.9 Å². The third kappa shape index (κ3) is 6.48. The summed E-state index contributed by atoms with van der Waals surface area (Å²) in [6.45, 7) is 4.34. The molecular weight excluding hydrogens is 542 g/mol. The molecule has 5 aromatic rings. The number of pyridine rings is 1. The van der Waals surface area contributed by atoms with Crippen LogP contribution in [0.2, 0.25) is 0 Å². The first-order chi connectivity index (χ1) is 20.2. The van der Waals surface area contributed by atoms with Gasteiger partial charge in [-0.05, 0) is 41.2 Å². The smallest absolute Gasteiger partial charge is 0.252 e. The molecule has 0 spiro atoms. The van der Waals surface area contributed by atoms with E-state index in [0.717, 1.165) is 42.4 Å². The van der Waals surface area contributed by atoms with Crippen molar-refractivity contribution in [2.45, 2.75) is 38.4 Å². The number of carbonyl (C=O) groups is 1. The lowest BCUT2D eigenvalue weighted by atomic mass is 9.96. The standard InChI is InChI=1S/C36H35N3O2.ClH/c1-2-32(27-14-5-3-6-15-27)38-36(40)31-23-35(37-33-20-12-11-19-30(31)33)41-25-34(28-16-7-4-8-17-28)39-22-21-26-13-9-10-18-29(26)24-39;/h3-20,23,32,34H,2,21-22,24-25H2,1H3,(H,38,40);1H. The van der Waals surface area contributed by atoms with Crippen LogP contribution in [-0.2, 0) is 13.0 Å². The van der Waals surface area contributed by atoms with Gasteiger partial charge < -0.3 is 10.1 Å². The molecule has 5 nitrogen and oxygen atoms in total. The van der Waals surface area contributed by atoms with Crippen LogP contribution >= 0.6 is 12.4 Å². The molecule has 1 aliphatic heterocycles. The first-order valence-electron chi connectivity index (χ1n) is 14.4. The van der Waals surface area contributed by atoms with E-state index >= 15 is 0 Å². The van der Waals surface area contributed by atoms with E-state index in [1.807, 2.05) is 48.5 Å². The molecule has 0 fully saturated rings. The van der Waals surface area contributed by atoms with Crippen molar-refractivity contribution in [1.29, 1.82) is 0 Å². The maximum absolute atomic E-state index is 13.7. The van der Waals surface area contributed by atoms with Crippen LogP contribution in [0.1, 0.15) is 58.0 Å². The summed E-state index contributed by atoms with van der Waals surface area (Å²) in [6, 6.07) is 38.8. The van der Waals surface area contributed by atoms with Crippen molar-refractivity contribution in [1.82, 2.24) is 15.2 Å². The molecule has 0 bridgehead atoms. The largest absolute Gasteiger partial charge is 0.476 e. The number of benzene rings is 4. The van der Waals surface area contributed by atoms with E-state index in [0.29, 0.717) is 18.1 Å². The zero-order valence-electron chi connectivity index (χ0n) is 23.8. The SMILES string of the molecule is CCC(NC(=O)c1cc(OCC(c2ccccc2)N2CCc3ccccc3C2)nc2ccccc12)c1ccccc1.Cl. The van der Waals surface area contributed by atoms with Crippen LogP contribution in [0.15, 0.2) is 115 Å². The molecule has 4 aromatic carbocycles. The van der Waals surface area contributed by atoms with Gasteiger partial charge in [-0.15, -0.1) is 12.4 Å². The highest BCUT2D eigenvalue weighted by molar-refractivity contribution is 6.06. The second-order valence-electron chi connectivity index (χ2n) is 10.6. The van der Waals surface area contributed by atoms with Gasteiger partial charge in [-0.3, -0.25) is 9.69 Å². The van der Waals surface area contributed by atoms with Gasteiger partial charge in [0.1, 0.15) is 6.61 Å². The predicted octanol–water partition coefficient (Wildman–Crippen LogP) is 7.72. The predicted molar refractivity (Wildman–Crippen MR) is 171 cm³/mol. The van der Waals surface area contributed by atoms with Gasteiger partial charge in [0.05, 0.1) is 23.2 Å². The lowest BCUT2D eigenvalue weighted by molar-refractivity contribution is 0.0935. The van der Waals surface area contributed by atoms with E-state index in [4.69, 9.17) is 9.72 Å². The summed E-state index contributed by atoms with van der Waals surface area (Å²) in [7, 11) is 0. The highest BCUT2D eigenvalue weighted by Crippen LogP contribution is 2.30. The highest BCUT2D eigenvalue weighted by atomic mass is 35.5. The molecule has 1 aromatic heterocycles. The second-order valence-corrected chi connectivity index (χ2v) is 10.6. The average Bonchev–Trinajstić information content (AvgIpc) is 3.04. The number of hydrogen-bond acceptors (Lipinski definition) is 4. The lowest BCUT2D eigenvalue weighted by Crippen LogP contribution is -2.37. The van der Waals surface area contributed by atoms with Crippen molar-refractivity contribution in [3.8, 4) is 5.88 Å². The van der Waals surface area contributed by atoms with E-state index < -0.39 is 0 Å². The maximum Gasteiger partial charge on any atom is 0.252 e. The van der Waals surface area contributed by atoms with Gasteiger partial charge >= 0.3 is 0 Å². The molecule has 2 atom stereocenters. The van der Waals surface area contributed by atoms with Gasteiger partial charge in [-0.1, -0.05) is 110 Å². The fourth-order valence-corrected chi connectivity index (χ4v) is 5.79. The molecule has 1 N–H and O–H groups in total. The van der Waals surface area contributed by atoms with Crippen molar-refractivity contribution in [2.75, 3.05) is 13.2 Å². The molecule has 2 heterocycles.